The van der Waals surface area contributed by atoms with Crippen molar-refractivity contribution in [1.82, 2.24) is 4.90 Å². The van der Waals surface area contributed by atoms with Gasteiger partial charge < -0.3 is 9.84 Å². The Morgan fingerprint density at radius 3 is 2.94 bits per heavy atom. The number of hydrogen-bond donors (Lipinski definition) is 1. The van der Waals surface area contributed by atoms with Gasteiger partial charge in [-0.1, -0.05) is 6.92 Å². The highest BCUT2D eigenvalue weighted by Gasteiger charge is 2.45. The fourth-order valence-electron chi connectivity index (χ4n) is 2.84. The topological polar surface area (TPSA) is 49.8 Å². The molecule has 2 heterocycles. The number of nitrogens with zero attached hydrogens (tertiary/aromatic N) is 1. The summed E-state index contributed by atoms with van der Waals surface area (Å²) in [6, 6.07) is 0.446. The van der Waals surface area contributed by atoms with E-state index in [2.05, 4.69) is 4.90 Å². The van der Waals surface area contributed by atoms with Gasteiger partial charge in [-0.05, 0) is 32.2 Å². The summed E-state index contributed by atoms with van der Waals surface area (Å²) in [5, 5.41) is 9.32. The molecule has 16 heavy (non-hydrogen) atoms. The van der Waals surface area contributed by atoms with Crippen LogP contribution in [0.2, 0.25) is 0 Å². The molecule has 0 bridgehead atoms. The molecule has 2 rings (SSSR count). The average molecular weight is 227 g/mol. The van der Waals surface area contributed by atoms with Gasteiger partial charge in [0, 0.05) is 19.2 Å². The summed E-state index contributed by atoms with van der Waals surface area (Å²) in [4.78, 5) is 13.6. The molecule has 2 aliphatic heterocycles. The van der Waals surface area contributed by atoms with Crippen LogP contribution in [0.1, 0.15) is 32.6 Å². The predicted molar refractivity (Wildman–Crippen MR) is 60.4 cm³/mol. The molecular weight excluding hydrogens is 206 g/mol. The predicted octanol–water partition coefficient (Wildman–Crippen LogP) is 1.35. The van der Waals surface area contributed by atoms with E-state index in [4.69, 9.17) is 4.74 Å². The largest absolute Gasteiger partial charge is 0.481 e. The number of carboxylic acid groups (broad SMARTS) is 1. The second kappa shape index (κ2) is 4.72. The Hall–Kier alpha value is -0.610. The zero-order valence-electron chi connectivity index (χ0n) is 9.95. The fourth-order valence-corrected chi connectivity index (χ4v) is 2.84. The van der Waals surface area contributed by atoms with Gasteiger partial charge in [-0.15, -0.1) is 0 Å². The van der Waals surface area contributed by atoms with E-state index in [9.17, 15) is 9.90 Å². The molecule has 4 nitrogen and oxygen atoms in total. The fraction of sp³-hybridized carbons (Fsp3) is 0.917. The van der Waals surface area contributed by atoms with Gasteiger partial charge >= 0.3 is 5.97 Å². The smallest absolute Gasteiger partial charge is 0.310 e. The van der Waals surface area contributed by atoms with Crippen molar-refractivity contribution in [2.24, 2.45) is 5.41 Å². The molecule has 2 unspecified atom stereocenters. The molecular formula is C12H21NO3. The third kappa shape index (κ3) is 2.09. The normalized spacial score (nSPS) is 36.4. The Morgan fingerprint density at radius 2 is 2.44 bits per heavy atom. The van der Waals surface area contributed by atoms with Crippen LogP contribution in [-0.4, -0.2) is 48.3 Å². The molecule has 2 fully saturated rings. The van der Waals surface area contributed by atoms with Crippen LogP contribution in [0.5, 0.6) is 0 Å². The van der Waals surface area contributed by atoms with E-state index in [0.717, 1.165) is 45.4 Å². The first-order valence-corrected chi connectivity index (χ1v) is 6.23. The summed E-state index contributed by atoms with van der Waals surface area (Å²) in [5.74, 6) is -0.630. The monoisotopic (exact) mass is 227 g/mol. The van der Waals surface area contributed by atoms with Crippen molar-refractivity contribution >= 4 is 5.97 Å². The van der Waals surface area contributed by atoms with Crippen molar-refractivity contribution in [3.05, 3.63) is 0 Å². The van der Waals surface area contributed by atoms with E-state index in [0.29, 0.717) is 12.6 Å². The van der Waals surface area contributed by atoms with Gasteiger partial charge in [0.15, 0.2) is 0 Å². The molecule has 2 aliphatic rings. The van der Waals surface area contributed by atoms with Crippen LogP contribution in [-0.2, 0) is 9.53 Å². The van der Waals surface area contributed by atoms with Gasteiger partial charge in [0.25, 0.3) is 0 Å². The lowest BCUT2D eigenvalue weighted by molar-refractivity contribution is -0.148. The summed E-state index contributed by atoms with van der Waals surface area (Å²) in [6.07, 6.45) is 3.77. The molecule has 92 valence electrons. The number of aliphatic carboxylic acids is 1. The van der Waals surface area contributed by atoms with Gasteiger partial charge in [0.2, 0.25) is 0 Å². The Labute approximate surface area is 96.6 Å². The number of carbonyl (C=O) groups is 1. The highest BCUT2D eigenvalue weighted by molar-refractivity contribution is 5.75. The third-order valence-electron chi connectivity index (χ3n) is 4.17. The van der Waals surface area contributed by atoms with Crippen molar-refractivity contribution in [2.75, 3.05) is 26.3 Å². The summed E-state index contributed by atoms with van der Waals surface area (Å²) >= 11 is 0. The van der Waals surface area contributed by atoms with Crippen molar-refractivity contribution < 1.29 is 14.6 Å². The Bertz CT molecular complexity index is 263. The van der Waals surface area contributed by atoms with E-state index in [1.165, 1.54) is 0 Å². The highest BCUT2D eigenvalue weighted by Crippen LogP contribution is 2.36. The van der Waals surface area contributed by atoms with E-state index < -0.39 is 11.4 Å². The van der Waals surface area contributed by atoms with Gasteiger partial charge in [-0.2, -0.15) is 0 Å². The van der Waals surface area contributed by atoms with Crippen molar-refractivity contribution in [3.8, 4) is 0 Å². The molecule has 0 aromatic carbocycles. The van der Waals surface area contributed by atoms with E-state index in [1.54, 1.807) is 0 Å². The maximum atomic E-state index is 11.3. The van der Waals surface area contributed by atoms with E-state index >= 15 is 0 Å². The molecule has 0 aromatic rings. The minimum atomic E-state index is -0.630. The first kappa shape index (κ1) is 11.9. The van der Waals surface area contributed by atoms with Crippen LogP contribution >= 0.6 is 0 Å². The number of ether oxygens (including phenoxy) is 1. The maximum absolute atomic E-state index is 11.3. The maximum Gasteiger partial charge on any atom is 0.310 e. The van der Waals surface area contributed by atoms with Crippen molar-refractivity contribution in [2.45, 2.75) is 38.6 Å². The molecule has 0 aromatic heterocycles. The minimum absolute atomic E-state index is 0.446. The molecule has 0 radical (unpaired) electrons. The SMILES string of the molecule is CCC1(C(=O)O)CCN(C2CCCOC2)C1. The van der Waals surface area contributed by atoms with Crippen molar-refractivity contribution in [1.29, 1.82) is 0 Å². The quantitative estimate of drug-likeness (QED) is 0.790. The lowest BCUT2D eigenvalue weighted by Gasteiger charge is -2.32. The lowest BCUT2D eigenvalue weighted by Crippen LogP contribution is -2.42. The second-order valence-electron chi connectivity index (χ2n) is 5.03. The lowest BCUT2D eigenvalue weighted by atomic mass is 9.84. The second-order valence-corrected chi connectivity index (χ2v) is 5.03. The van der Waals surface area contributed by atoms with Crippen LogP contribution in [0, 0.1) is 5.41 Å². The molecule has 0 spiro atoms. The van der Waals surface area contributed by atoms with Gasteiger partial charge in [0.05, 0.1) is 12.0 Å². The molecule has 4 heteroatoms. The number of hydrogen-bond acceptors (Lipinski definition) is 3. The summed E-state index contributed by atoms with van der Waals surface area (Å²) in [7, 11) is 0. The number of rotatable bonds is 3. The Kier molecular flexibility index (Phi) is 3.50. The van der Waals surface area contributed by atoms with Crippen LogP contribution in [0.3, 0.4) is 0 Å². The van der Waals surface area contributed by atoms with Gasteiger partial charge in [-0.25, -0.2) is 0 Å². The van der Waals surface area contributed by atoms with Crippen molar-refractivity contribution in [3.63, 3.8) is 0 Å². The van der Waals surface area contributed by atoms with Crippen LogP contribution in [0.15, 0.2) is 0 Å². The number of carboxylic acids is 1. The third-order valence-corrected chi connectivity index (χ3v) is 4.17. The number of likely N-dealkylation sites (tertiary alicyclic amines) is 1. The molecule has 1 N–H and O–H groups in total. The zero-order chi connectivity index (χ0) is 11.6. The van der Waals surface area contributed by atoms with Gasteiger partial charge in [0.1, 0.15) is 0 Å². The first-order chi connectivity index (χ1) is 7.68. The molecule has 0 amide bonds. The standard InChI is InChI=1S/C12H21NO3/c1-2-12(11(14)15)5-6-13(9-12)10-4-3-7-16-8-10/h10H,2-9H2,1H3,(H,14,15). The summed E-state index contributed by atoms with van der Waals surface area (Å²) in [5.41, 5.74) is -0.503. The Balaban J connectivity index is 1.98. The highest BCUT2D eigenvalue weighted by atomic mass is 16.5. The summed E-state index contributed by atoms with van der Waals surface area (Å²) < 4.78 is 5.47. The van der Waals surface area contributed by atoms with Crippen LogP contribution in [0.4, 0.5) is 0 Å². The molecule has 0 saturated carbocycles. The first-order valence-electron chi connectivity index (χ1n) is 6.23. The minimum Gasteiger partial charge on any atom is -0.481 e. The van der Waals surface area contributed by atoms with E-state index in [1.807, 2.05) is 6.92 Å². The molecule has 2 saturated heterocycles. The van der Waals surface area contributed by atoms with E-state index in [-0.39, 0.29) is 0 Å². The van der Waals surface area contributed by atoms with Crippen LogP contribution < -0.4 is 0 Å². The van der Waals surface area contributed by atoms with Gasteiger partial charge in [-0.3, -0.25) is 9.69 Å². The zero-order valence-corrected chi connectivity index (χ0v) is 9.95. The molecule has 2 atom stereocenters. The average Bonchev–Trinajstić information content (AvgIpc) is 2.76. The van der Waals surface area contributed by atoms with Crippen LogP contribution in [0.25, 0.3) is 0 Å². The summed E-state index contributed by atoms with van der Waals surface area (Å²) in [6.45, 7) is 5.23. The Morgan fingerprint density at radius 1 is 1.62 bits per heavy atom. The molecule has 0 aliphatic carbocycles.